The third-order valence-electron chi connectivity index (χ3n) is 1.68. The summed E-state index contributed by atoms with van der Waals surface area (Å²) in [6.07, 6.45) is -3.43. The smallest absolute Gasteiger partial charge is 0.281 e. The third kappa shape index (κ3) is 2.24. The maximum absolute atomic E-state index is 12.5. The lowest BCUT2D eigenvalue weighted by Crippen LogP contribution is -2.16. The Morgan fingerprint density at radius 1 is 1.57 bits per heavy atom. The number of alkyl halides is 2. The fourth-order valence-corrected chi connectivity index (χ4v) is 1.13. The first-order chi connectivity index (χ1) is 6.56. The van der Waals surface area contributed by atoms with Crippen LogP contribution < -0.4 is 5.73 Å². The van der Waals surface area contributed by atoms with E-state index < -0.39 is 12.5 Å². The van der Waals surface area contributed by atoms with E-state index in [0.29, 0.717) is 0 Å². The molecule has 1 aromatic heterocycles. The van der Waals surface area contributed by atoms with Gasteiger partial charge in [0.05, 0.1) is 12.6 Å². The second kappa shape index (κ2) is 4.43. The predicted molar refractivity (Wildman–Crippen MR) is 44.6 cm³/mol. The second-order valence-electron chi connectivity index (χ2n) is 2.96. The highest BCUT2D eigenvalue weighted by Crippen LogP contribution is 2.21. The van der Waals surface area contributed by atoms with E-state index in [9.17, 15) is 8.78 Å². The number of aliphatic hydroxyl groups is 1. The van der Waals surface area contributed by atoms with Crippen LogP contribution in [-0.4, -0.2) is 26.2 Å². The Morgan fingerprint density at radius 2 is 2.21 bits per heavy atom. The first kappa shape index (κ1) is 11.0. The van der Waals surface area contributed by atoms with Gasteiger partial charge < -0.3 is 10.8 Å². The highest BCUT2D eigenvalue weighted by Gasteiger charge is 2.21. The van der Waals surface area contributed by atoms with E-state index >= 15 is 0 Å². The molecule has 80 valence electrons. The molecule has 5 nitrogen and oxygen atoms in total. The molecule has 0 spiro atoms. The predicted octanol–water partition coefficient (Wildman–Crippen LogP) is 0.0552. The lowest BCUT2D eigenvalue weighted by Gasteiger charge is -2.07. The molecule has 7 heteroatoms. The molecule has 3 N–H and O–H groups in total. The van der Waals surface area contributed by atoms with Gasteiger partial charge in [-0.3, -0.25) is 0 Å². The summed E-state index contributed by atoms with van der Waals surface area (Å²) >= 11 is 0. The van der Waals surface area contributed by atoms with E-state index in [1.165, 1.54) is 6.92 Å². The van der Waals surface area contributed by atoms with Crippen LogP contribution >= 0.6 is 0 Å². The van der Waals surface area contributed by atoms with Gasteiger partial charge in [0, 0.05) is 6.54 Å². The fraction of sp³-hybridized carbons (Fsp3) is 0.714. The molecule has 1 unspecified atom stereocenters. The molecule has 0 fully saturated rings. The largest absolute Gasteiger partial charge is 0.391 e. The van der Waals surface area contributed by atoms with Crippen LogP contribution in [0.15, 0.2) is 0 Å². The summed E-state index contributed by atoms with van der Waals surface area (Å²) in [7, 11) is 0. The number of hydrogen-bond acceptors (Lipinski definition) is 4. The number of hydrogen-bond donors (Lipinski definition) is 2. The maximum Gasteiger partial charge on any atom is 0.281 e. The number of rotatable bonds is 4. The van der Waals surface area contributed by atoms with E-state index in [2.05, 4.69) is 10.3 Å². The maximum atomic E-state index is 12.5. The quantitative estimate of drug-likeness (QED) is 0.730. The topological polar surface area (TPSA) is 77.0 Å². The van der Waals surface area contributed by atoms with Crippen molar-refractivity contribution in [1.82, 2.24) is 15.0 Å². The minimum atomic E-state index is -2.68. The zero-order valence-electron chi connectivity index (χ0n) is 7.69. The highest BCUT2D eigenvalue weighted by atomic mass is 19.3. The summed E-state index contributed by atoms with van der Waals surface area (Å²) in [5, 5.41) is 16.0. The van der Waals surface area contributed by atoms with Gasteiger partial charge in [0.2, 0.25) is 0 Å². The van der Waals surface area contributed by atoms with Crippen LogP contribution in [0, 0.1) is 0 Å². The number of aromatic nitrogens is 3. The Labute approximate surface area is 79.5 Å². The molecule has 0 aliphatic rings. The molecular formula is C7H12F2N4O. The van der Waals surface area contributed by atoms with Gasteiger partial charge in [0.25, 0.3) is 6.43 Å². The van der Waals surface area contributed by atoms with Gasteiger partial charge in [-0.05, 0) is 6.92 Å². The number of nitrogens with two attached hydrogens (primary N) is 1. The highest BCUT2D eigenvalue weighted by molar-refractivity contribution is 5.11. The molecule has 0 bridgehead atoms. The third-order valence-corrected chi connectivity index (χ3v) is 1.68. The van der Waals surface area contributed by atoms with Crippen LogP contribution in [0.2, 0.25) is 0 Å². The van der Waals surface area contributed by atoms with Gasteiger partial charge in [0.1, 0.15) is 11.4 Å². The molecule has 0 aliphatic heterocycles. The molecule has 0 amide bonds. The van der Waals surface area contributed by atoms with E-state index in [1.54, 1.807) is 0 Å². The number of aliphatic hydroxyl groups excluding tert-OH is 1. The summed E-state index contributed by atoms with van der Waals surface area (Å²) in [4.78, 5) is 0. The molecule has 1 aromatic rings. The summed E-state index contributed by atoms with van der Waals surface area (Å²) in [5.74, 6) is 0. The van der Waals surface area contributed by atoms with Gasteiger partial charge in [-0.1, -0.05) is 5.21 Å². The van der Waals surface area contributed by atoms with Crippen LogP contribution in [0.1, 0.15) is 24.7 Å². The summed E-state index contributed by atoms with van der Waals surface area (Å²) < 4.78 is 26.0. The van der Waals surface area contributed by atoms with Crippen molar-refractivity contribution in [3.63, 3.8) is 0 Å². The summed E-state index contributed by atoms with van der Waals surface area (Å²) in [5.41, 5.74) is 4.98. The monoisotopic (exact) mass is 206 g/mol. The zero-order chi connectivity index (χ0) is 10.7. The molecule has 0 saturated carbocycles. The van der Waals surface area contributed by atoms with Gasteiger partial charge >= 0.3 is 0 Å². The summed E-state index contributed by atoms with van der Waals surface area (Å²) in [6, 6.07) is 0. The van der Waals surface area contributed by atoms with Gasteiger partial charge in [-0.2, -0.15) is 0 Å². The normalized spacial score (nSPS) is 13.6. The van der Waals surface area contributed by atoms with Crippen molar-refractivity contribution in [3.8, 4) is 0 Å². The summed E-state index contributed by atoms with van der Waals surface area (Å²) in [6.45, 7) is 1.39. The van der Waals surface area contributed by atoms with Crippen molar-refractivity contribution in [2.75, 3.05) is 0 Å². The fourth-order valence-electron chi connectivity index (χ4n) is 1.13. The van der Waals surface area contributed by atoms with Crippen LogP contribution in [0.25, 0.3) is 0 Å². The molecule has 1 atom stereocenters. The van der Waals surface area contributed by atoms with Crippen molar-refractivity contribution < 1.29 is 13.9 Å². The van der Waals surface area contributed by atoms with Gasteiger partial charge in [-0.15, -0.1) is 5.10 Å². The first-order valence-corrected chi connectivity index (χ1v) is 4.14. The van der Waals surface area contributed by atoms with Crippen molar-refractivity contribution in [1.29, 1.82) is 0 Å². The number of nitrogens with zero attached hydrogens (tertiary/aromatic N) is 3. The van der Waals surface area contributed by atoms with Crippen LogP contribution in [0.5, 0.6) is 0 Å². The molecule has 1 heterocycles. The Morgan fingerprint density at radius 3 is 2.64 bits per heavy atom. The first-order valence-electron chi connectivity index (χ1n) is 4.14. The Balaban J connectivity index is 2.98. The lowest BCUT2D eigenvalue weighted by molar-refractivity contribution is 0.124. The average Bonchev–Trinajstić information content (AvgIpc) is 2.46. The van der Waals surface area contributed by atoms with Crippen molar-refractivity contribution in [2.45, 2.75) is 32.5 Å². The van der Waals surface area contributed by atoms with Crippen molar-refractivity contribution in [3.05, 3.63) is 11.4 Å². The van der Waals surface area contributed by atoms with Crippen LogP contribution in [0.4, 0.5) is 8.78 Å². The molecule has 14 heavy (non-hydrogen) atoms. The lowest BCUT2D eigenvalue weighted by atomic mass is 10.3. The van der Waals surface area contributed by atoms with E-state index in [1.807, 2.05) is 0 Å². The molecule has 0 radical (unpaired) electrons. The standard InChI is InChI=1S/C7H12F2N4O/c1-4(14)3-13-6(7(8)9)5(2-10)11-12-13/h4,7,14H,2-3,10H2,1H3. The SMILES string of the molecule is CC(O)Cn1nnc(CN)c1C(F)F. The minimum absolute atomic E-state index is 0.00727. The zero-order valence-corrected chi connectivity index (χ0v) is 7.69. The number of halogens is 2. The minimum Gasteiger partial charge on any atom is -0.391 e. The Hall–Kier alpha value is -1.08. The van der Waals surface area contributed by atoms with Crippen molar-refractivity contribution in [2.24, 2.45) is 5.73 Å². The van der Waals surface area contributed by atoms with Crippen molar-refractivity contribution >= 4 is 0 Å². The Bertz CT molecular complexity index is 300. The molecule has 0 aromatic carbocycles. The Kier molecular flexibility index (Phi) is 3.48. The molecular weight excluding hydrogens is 194 g/mol. The van der Waals surface area contributed by atoms with Gasteiger partial charge in [-0.25, -0.2) is 13.5 Å². The van der Waals surface area contributed by atoms with E-state index in [-0.39, 0.29) is 24.5 Å². The average molecular weight is 206 g/mol. The molecule has 1 rings (SSSR count). The van der Waals surface area contributed by atoms with Gasteiger partial charge in [0.15, 0.2) is 0 Å². The van der Waals surface area contributed by atoms with Crippen LogP contribution in [0.3, 0.4) is 0 Å². The second-order valence-corrected chi connectivity index (χ2v) is 2.96. The molecule has 0 saturated heterocycles. The molecule has 0 aliphatic carbocycles. The van der Waals surface area contributed by atoms with E-state index in [4.69, 9.17) is 10.8 Å². The van der Waals surface area contributed by atoms with Crippen LogP contribution in [-0.2, 0) is 13.1 Å². The van der Waals surface area contributed by atoms with E-state index in [0.717, 1.165) is 4.68 Å².